The van der Waals surface area contributed by atoms with Gasteiger partial charge in [-0.05, 0) is 30.3 Å². The molecule has 0 fully saturated rings. The zero-order valence-electron chi connectivity index (χ0n) is 9.62. The Morgan fingerprint density at radius 2 is 1.94 bits per heavy atom. The number of aromatic nitrogens is 1. The van der Waals surface area contributed by atoms with Crippen LogP contribution in [0.15, 0.2) is 58.0 Å². The fourth-order valence-electron chi connectivity index (χ4n) is 1.45. The Morgan fingerprint density at radius 1 is 1.17 bits per heavy atom. The zero-order valence-corrected chi connectivity index (χ0v) is 12.0. The number of hydrogen-bond acceptors (Lipinski definition) is 3. The van der Waals surface area contributed by atoms with E-state index < -0.39 is 10.0 Å². The van der Waals surface area contributed by atoms with Crippen molar-refractivity contribution in [2.75, 3.05) is 11.4 Å². The lowest BCUT2D eigenvalue weighted by atomic mass is 10.4. The summed E-state index contributed by atoms with van der Waals surface area (Å²) in [6.07, 6.45) is 1.56. The largest absolute Gasteiger partial charge is 0.265 e. The summed E-state index contributed by atoms with van der Waals surface area (Å²) < 4.78 is 26.6. The summed E-state index contributed by atoms with van der Waals surface area (Å²) in [7, 11) is -2.09. The van der Waals surface area contributed by atoms with Crippen LogP contribution in [0.2, 0.25) is 0 Å². The summed E-state index contributed by atoms with van der Waals surface area (Å²) in [6.45, 7) is 0. The number of anilines is 1. The first-order valence-corrected chi connectivity index (χ1v) is 7.40. The molecule has 18 heavy (non-hydrogen) atoms. The topological polar surface area (TPSA) is 50.3 Å². The van der Waals surface area contributed by atoms with Gasteiger partial charge in [0.2, 0.25) is 0 Å². The highest BCUT2D eigenvalue weighted by Gasteiger charge is 2.21. The van der Waals surface area contributed by atoms with Crippen LogP contribution in [0.5, 0.6) is 0 Å². The first kappa shape index (κ1) is 13.0. The van der Waals surface area contributed by atoms with Crippen molar-refractivity contribution in [2.45, 2.75) is 4.90 Å². The molecule has 0 radical (unpaired) electrons. The van der Waals surface area contributed by atoms with Gasteiger partial charge in [0, 0.05) is 17.7 Å². The van der Waals surface area contributed by atoms with Crippen LogP contribution in [0.4, 0.5) is 5.82 Å². The third kappa shape index (κ3) is 2.54. The van der Waals surface area contributed by atoms with Crippen LogP contribution in [-0.2, 0) is 10.0 Å². The minimum atomic E-state index is -3.57. The first-order valence-electron chi connectivity index (χ1n) is 5.17. The molecular weight excluding hydrogens is 316 g/mol. The van der Waals surface area contributed by atoms with Crippen molar-refractivity contribution >= 4 is 31.8 Å². The third-order valence-electron chi connectivity index (χ3n) is 2.43. The Kier molecular flexibility index (Phi) is 3.68. The molecule has 0 saturated carbocycles. The number of rotatable bonds is 3. The van der Waals surface area contributed by atoms with E-state index in [1.165, 1.54) is 7.05 Å². The highest BCUT2D eigenvalue weighted by atomic mass is 79.9. The van der Waals surface area contributed by atoms with Gasteiger partial charge in [-0.2, -0.15) is 0 Å². The molecule has 0 aliphatic carbocycles. The number of sulfonamides is 1. The van der Waals surface area contributed by atoms with Crippen LogP contribution in [0, 0.1) is 0 Å². The second kappa shape index (κ2) is 5.07. The maximum absolute atomic E-state index is 12.3. The fourth-order valence-corrected chi connectivity index (χ4v) is 3.20. The van der Waals surface area contributed by atoms with Crippen molar-refractivity contribution in [3.63, 3.8) is 0 Å². The maximum atomic E-state index is 12.3. The third-order valence-corrected chi connectivity index (χ3v) is 4.68. The summed E-state index contributed by atoms with van der Waals surface area (Å²) in [5, 5.41) is 0. The lowest BCUT2D eigenvalue weighted by Crippen LogP contribution is -2.27. The number of hydrogen-bond donors (Lipinski definition) is 0. The van der Waals surface area contributed by atoms with Gasteiger partial charge in [-0.25, -0.2) is 13.4 Å². The van der Waals surface area contributed by atoms with Gasteiger partial charge in [-0.3, -0.25) is 4.31 Å². The first-order chi connectivity index (χ1) is 8.51. The van der Waals surface area contributed by atoms with Crippen LogP contribution >= 0.6 is 15.9 Å². The van der Waals surface area contributed by atoms with Crippen molar-refractivity contribution in [3.05, 3.63) is 53.1 Å². The van der Waals surface area contributed by atoms with Crippen LogP contribution in [0.3, 0.4) is 0 Å². The Labute approximate surface area is 114 Å². The quantitative estimate of drug-likeness (QED) is 0.871. The van der Waals surface area contributed by atoms with Crippen molar-refractivity contribution in [3.8, 4) is 0 Å². The van der Waals surface area contributed by atoms with Crippen molar-refractivity contribution in [2.24, 2.45) is 0 Å². The minimum Gasteiger partial charge on any atom is -0.253 e. The van der Waals surface area contributed by atoms with Crippen LogP contribution in [0.25, 0.3) is 0 Å². The van der Waals surface area contributed by atoms with Gasteiger partial charge in [0.25, 0.3) is 10.0 Å². The van der Waals surface area contributed by atoms with E-state index in [1.54, 1.807) is 48.7 Å². The summed E-state index contributed by atoms with van der Waals surface area (Å²) in [5.41, 5.74) is 0. The van der Waals surface area contributed by atoms with E-state index in [1.807, 2.05) is 0 Å². The molecule has 4 nitrogen and oxygen atoms in total. The molecule has 0 spiro atoms. The monoisotopic (exact) mass is 326 g/mol. The number of halogens is 1. The lowest BCUT2D eigenvalue weighted by Gasteiger charge is -2.18. The second-order valence-corrected chi connectivity index (χ2v) is 6.50. The normalized spacial score (nSPS) is 11.2. The summed E-state index contributed by atoms with van der Waals surface area (Å²) in [4.78, 5) is 4.25. The zero-order chi connectivity index (χ0) is 13.2. The SMILES string of the molecule is CN(c1ccccn1)S(=O)(=O)c1cccc(Br)c1. The number of pyridine rings is 1. The molecule has 1 aromatic carbocycles. The molecule has 0 atom stereocenters. The van der Waals surface area contributed by atoms with Crippen LogP contribution < -0.4 is 4.31 Å². The van der Waals surface area contributed by atoms with Gasteiger partial charge in [0.05, 0.1) is 4.90 Å². The molecule has 0 aliphatic rings. The van der Waals surface area contributed by atoms with E-state index in [0.717, 1.165) is 8.78 Å². The molecule has 0 saturated heterocycles. The Hall–Kier alpha value is -1.40. The molecule has 2 rings (SSSR count). The molecule has 0 N–H and O–H groups in total. The smallest absolute Gasteiger partial charge is 0.253 e. The summed E-state index contributed by atoms with van der Waals surface area (Å²) in [6, 6.07) is 11.7. The van der Waals surface area contributed by atoms with E-state index in [9.17, 15) is 8.42 Å². The molecule has 1 aromatic heterocycles. The van der Waals surface area contributed by atoms with Gasteiger partial charge < -0.3 is 0 Å². The predicted octanol–water partition coefficient (Wildman–Crippen LogP) is 2.67. The molecule has 2 aromatic rings. The Balaban J connectivity index is 2.44. The molecule has 0 aliphatic heterocycles. The minimum absolute atomic E-state index is 0.227. The molecule has 1 heterocycles. The average molecular weight is 327 g/mol. The van der Waals surface area contributed by atoms with E-state index in [-0.39, 0.29) is 4.90 Å². The van der Waals surface area contributed by atoms with Gasteiger partial charge in [0.15, 0.2) is 0 Å². The predicted molar refractivity (Wildman–Crippen MR) is 74.0 cm³/mol. The summed E-state index contributed by atoms with van der Waals surface area (Å²) in [5.74, 6) is 0.387. The van der Waals surface area contributed by atoms with Crippen LogP contribution in [-0.4, -0.2) is 20.4 Å². The number of nitrogens with zero attached hydrogens (tertiary/aromatic N) is 2. The number of benzene rings is 1. The van der Waals surface area contributed by atoms with Gasteiger partial charge in [0.1, 0.15) is 5.82 Å². The molecule has 94 valence electrons. The Bertz CT molecular complexity index is 644. The molecule has 0 unspecified atom stereocenters. The van der Waals surface area contributed by atoms with Gasteiger partial charge in [-0.15, -0.1) is 0 Å². The fraction of sp³-hybridized carbons (Fsp3) is 0.0833. The second-order valence-electron chi connectivity index (χ2n) is 3.62. The van der Waals surface area contributed by atoms with Crippen LogP contribution in [0.1, 0.15) is 0 Å². The van der Waals surface area contributed by atoms with Crippen molar-refractivity contribution in [1.82, 2.24) is 4.98 Å². The van der Waals surface area contributed by atoms with E-state index in [0.29, 0.717) is 5.82 Å². The molecular formula is C12H11BrN2O2S. The van der Waals surface area contributed by atoms with Gasteiger partial charge >= 0.3 is 0 Å². The maximum Gasteiger partial charge on any atom is 0.265 e. The Morgan fingerprint density at radius 3 is 2.56 bits per heavy atom. The van der Waals surface area contributed by atoms with E-state index in [2.05, 4.69) is 20.9 Å². The highest BCUT2D eigenvalue weighted by Crippen LogP contribution is 2.22. The molecule has 0 bridgehead atoms. The average Bonchev–Trinajstić information content (AvgIpc) is 2.39. The summed E-state index contributed by atoms with van der Waals surface area (Å²) >= 11 is 3.26. The highest BCUT2D eigenvalue weighted by molar-refractivity contribution is 9.10. The van der Waals surface area contributed by atoms with E-state index in [4.69, 9.17) is 0 Å². The van der Waals surface area contributed by atoms with Gasteiger partial charge in [-0.1, -0.05) is 28.1 Å². The van der Waals surface area contributed by atoms with Crippen molar-refractivity contribution in [1.29, 1.82) is 0 Å². The standard InChI is InChI=1S/C12H11BrN2O2S/c1-15(12-7-2-3-8-14-12)18(16,17)11-6-4-5-10(13)9-11/h2-9H,1H3. The van der Waals surface area contributed by atoms with E-state index >= 15 is 0 Å². The molecule has 0 amide bonds. The van der Waals surface area contributed by atoms with Crippen molar-refractivity contribution < 1.29 is 8.42 Å². The lowest BCUT2D eigenvalue weighted by molar-refractivity contribution is 0.594. The molecule has 6 heteroatoms.